The highest BCUT2D eigenvalue weighted by molar-refractivity contribution is 7.13. The number of rotatable bonds is 4. The van der Waals surface area contributed by atoms with Crippen molar-refractivity contribution in [2.75, 3.05) is 25.5 Å². The second kappa shape index (κ2) is 7.17. The Labute approximate surface area is 137 Å². The molecule has 2 amide bonds. The number of aromatic nitrogens is 2. The topological polar surface area (TPSA) is 70.2 Å². The molecule has 8 heteroatoms. The number of likely N-dealkylation sites (tertiary alicyclic amines) is 1. The van der Waals surface area contributed by atoms with E-state index >= 15 is 0 Å². The maximum atomic E-state index is 11.9. The van der Waals surface area contributed by atoms with E-state index in [1.165, 1.54) is 22.6 Å². The lowest BCUT2D eigenvalue weighted by atomic mass is 9.88. The van der Waals surface area contributed by atoms with E-state index in [9.17, 15) is 4.79 Å². The molecule has 6 nitrogen and oxygen atoms in total. The van der Waals surface area contributed by atoms with Crippen LogP contribution in [-0.4, -0.2) is 41.3 Å². The smallest absolute Gasteiger partial charge is 0.321 e. The van der Waals surface area contributed by atoms with Gasteiger partial charge < -0.3 is 5.32 Å². The molecule has 0 radical (unpaired) electrons. The lowest BCUT2D eigenvalue weighted by molar-refractivity contribution is 0.123. The standard InChI is InChI=1S/C14H19N5OS2/c1-19-6-2-4-10(12(19)11-5-3-7-21-11)8-15-13(20)17-14-18-16-9-22-14/h3,5,7,9-10,12H,2,4,6,8H2,1H3,(H2,15,17,18,20)/t10-,12+/m0/s1. The highest BCUT2D eigenvalue weighted by atomic mass is 32.1. The summed E-state index contributed by atoms with van der Waals surface area (Å²) >= 11 is 3.10. The minimum absolute atomic E-state index is 0.213. The second-order valence-corrected chi connectivity index (χ2v) is 7.23. The molecule has 1 fully saturated rings. The Hall–Kier alpha value is -1.51. The summed E-state index contributed by atoms with van der Waals surface area (Å²) in [4.78, 5) is 15.7. The summed E-state index contributed by atoms with van der Waals surface area (Å²) in [5.41, 5.74) is 1.60. The van der Waals surface area contributed by atoms with Gasteiger partial charge in [-0.05, 0) is 43.8 Å². The van der Waals surface area contributed by atoms with Crippen LogP contribution in [0.1, 0.15) is 23.8 Å². The number of amides is 2. The minimum Gasteiger partial charge on any atom is -0.337 e. The Morgan fingerprint density at radius 1 is 1.50 bits per heavy atom. The first-order valence-electron chi connectivity index (χ1n) is 7.28. The minimum atomic E-state index is -0.213. The normalized spacial score (nSPS) is 22.4. The van der Waals surface area contributed by atoms with E-state index in [1.807, 2.05) is 0 Å². The third kappa shape index (κ3) is 3.63. The number of hydrogen-bond acceptors (Lipinski definition) is 6. The lowest BCUT2D eigenvalue weighted by Crippen LogP contribution is -2.42. The van der Waals surface area contributed by atoms with Gasteiger partial charge in [-0.1, -0.05) is 17.4 Å². The molecular formula is C14H19N5OS2. The van der Waals surface area contributed by atoms with E-state index in [2.05, 4.69) is 50.3 Å². The molecule has 3 rings (SSSR count). The first-order valence-corrected chi connectivity index (χ1v) is 9.04. The quantitative estimate of drug-likeness (QED) is 0.900. The molecule has 0 bridgehead atoms. The molecule has 1 aliphatic heterocycles. The number of nitrogens with zero attached hydrogens (tertiary/aromatic N) is 3. The third-order valence-corrected chi connectivity index (χ3v) is 5.50. The zero-order valence-corrected chi connectivity index (χ0v) is 14.0. The fourth-order valence-electron chi connectivity index (χ4n) is 2.98. The maximum Gasteiger partial charge on any atom is 0.321 e. The summed E-state index contributed by atoms with van der Waals surface area (Å²) in [7, 11) is 2.16. The van der Waals surface area contributed by atoms with Crippen LogP contribution in [0.5, 0.6) is 0 Å². The van der Waals surface area contributed by atoms with Gasteiger partial charge in [-0.15, -0.1) is 21.5 Å². The van der Waals surface area contributed by atoms with E-state index in [-0.39, 0.29) is 6.03 Å². The Kier molecular flexibility index (Phi) is 5.01. The van der Waals surface area contributed by atoms with Gasteiger partial charge >= 0.3 is 6.03 Å². The highest BCUT2D eigenvalue weighted by Crippen LogP contribution is 2.36. The fraction of sp³-hybridized carbons (Fsp3) is 0.500. The summed E-state index contributed by atoms with van der Waals surface area (Å²) in [6, 6.07) is 4.45. The molecule has 0 spiro atoms. The van der Waals surface area contributed by atoms with Gasteiger partial charge in [-0.3, -0.25) is 10.2 Å². The van der Waals surface area contributed by atoms with Crippen molar-refractivity contribution in [3.05, 3.63) is 27.9 Å². The van der Waals surface area contributed by atoms with Crippen LogP contribution in [0.4, 0.5) is 9.93 Å². The van der Waals surface area contributed by atoms with Gasteiger partial charge in [0.1, 0.15) is 5.51 Å². The van der Waals surface area contributed by atoms with Crippen LogP contribution in [0.25, 0.3) is 0 Å². The van der Waals surface area contributed by atoms with Gasteiger partial charge in [0.2, 0.25) is 5.13 Å². The predicted octanol–water partition coefficient (Wildman–Crippen LogP) is 2.80. The largest absolute Gasteiger partial charge is 0.337 e. The molecule has 0 unspecified atom stereocenters. The van der Waals surface area contributed by atoms with Crippen LogP contribution in [-0.2, 0) is 0 Å². The summed E-state index contributed by atoms with van der Waals surface area (Å²) in [6.45, 7) is 1.77. The van der Waals surface area contributed by atoms with E-state index in [1.54, 1.807) is 16.8 Å². The van der Waals surface area contributed by atoms with Crippen molar-refractivity contribution < 1.29 is 4.79 Å². The number of urea groups is 1. The molecule has 0 saturated carbocycles. The Balaban J connectivity index is 1.58. The molecule has 0 aromatic carbocycles. The lowest BCUT2D eigenvalue weighted by Gasteiger charge is -2.38. The number of piperidine rings is 1. The summed E-state index contributed by atoms with van der Waals surface area (Å²) in [6.07, 6.45) is 2.30. The van der Waals surface area contributed by atoms with Crippen molar-refractivity contribution in [1.29, 1.82) is 0 Å². The Morgan fingerprint density at radius 2 is 2.41 bits per heavy atom. The average molecular weight is 337 g/mol. The van der Waals surface area contributed by atoms with Crippen LogP contribution in [0.3, 0.4) is 0 Å². The SMILES string of the molecule is CN1CCC[C@@H](CNC(=O)Nc2nncs2)[C@@H]1c1cccs1. The summed E-state index contributed by atoms with van der Waals surface area (Å²) in [5, 5.41) is 15.8. The molecule has 1 saturated heterocycles. The zero-order chi connectivity index (χ0) is 15.4. The van der Waals surface area contributed by atoms with Gasteiger partial charge in [0.25, 0.3) is 0 Å². The molecule has 0 aliphatic carbocycles. The first kappa shape index (κ1) is 15.4. The highest BCUT2D eigenvalue weighted by Gasteiger charge is 2.31. The van der Waals surface area contributed by atoms with Crippen LogP contribution < -0.4 is 10.6 Å². The van der Waals surface area contributed by atoms with E-state index < -0.39 is 0 Å². The van der Waals surface area contributed by atoms with E-state index in [0.717, 1.165) is 13.0 Å². The number of thiophene rings is 1. The molecule has 118 valence electrons. The average Bonchev–Trinajstić information content (AvgIpc) is 3.18. The van der Waals surface area contributed by atoms with Crippen molar-refractivity contribution in [2.45, 2.75) is 18.9 Å². The van der Waals surface area contributed by atoms with Crippen molar-refractivity contribution in [3.8, 4) is 0 Å². The second-order valence-electron chi connectivity index (χ2n) is 5.42. The van der Waals surface area contributed by atoms with Gasteiger partial charge in [0, 0.05) is 17.5 Å². The molecular weight excluding hydrogens is 318 g/mol. The molecule has 2 atom stereocenters. The van der Waals surface area contributed by atoms with Crippen molar-refractivity contribution in [2.24, 2.45) is 5.92 Å². The van der Waals surface area contributed by atoms with Gasteiger partial charge in [0.05, 0.1) is 0 Å². The Bertz CT molecular complexity index is 586. The predicted molar refractivity (Wildman–Crippen MR) is 89.3 cm³/mol. The third-order valence-electron chi connectivity index (χ3n) is 3.95. The van der Waals surface area contributed by atoms with E-state index in [4.69, 9.17) is 0 Å². The Morgan fingerprint density at radius 3 is 3.14 bits per heavy atom. The van der Waals surface area contributed by atoms with Crippen molar-refractivity contribution in [3.63, 3.8) is 0 Å². The van der Waals surface area contributed by atoms with Crippen LogP contribution in [0, 0.1) is 5.92 Å². The monoisotopic (exact) mass is 337 g/mol. The fourth-order valence-corrected chi connectivity index (χ4v) is 4.40. The van der Waals surface area contributed by atoms with Gasteiger partial charge in [-0.25, -0.2) is 4.79 Å². The number of carbonyl (C=O) groups excluding carboxylic acids is 1. The summed E-state index contributed by atoms with van der Waals surface area (Å²) in [5.74, 6) is 0.428. The summed E-state index contributed by atoms with van der Waals surface area (Å²) < 4.78 is 0. The van der Waals surface area contributed by atoms with Gasteiger partial charge in [0.15, 0.2) is 0 Å². The number of hydrogen-bond donors (Lipinski definition) is 2. The van der Waals surface area contributed by atoms with Crippen LogP contribution in [0.2, 0.25) is 0 Å². The number of carbonyl (C=O) groups is 1. The molecule has 1 aliphatic rings. The number of anilines is 1. The van der Waals surface area contributed by atoms with E-state index in [0.29, 0.717) is 23.6 Å². The van der Waals surface area contributed by atoms with Crippen molar-refractivity contribution in [1.82, 2.24) is 20.4 Å². The molecule has 3 heterocycles. The van der Waals surface area contributed by atoms with Crippen molar-refractivity contribution >= 4 is 33.8 Å². The maximum absolute atomic E-state index is 11.9. The van der Waals surface area contributed by atoms with Gasteiger partial charge in [-0.2, -0.15) is 0 Å². The molecule has 2 aromatic heterocycles. The molecule has 2 aromatic rings. The van der Waals surface area contributed by atoms with Crippen LogP contribution in [0.15, 0.2) is 23.0 Å². The molecule has 22 heavy (non-hydrogen) atoms. The van der Waals surface area contributed by atoms with Crippen LogP contribution >= 0.6 is 22.7 Å². The number of nitrogens with one attached hydrogen (secondary N) is 2. The zero-order valence-electron chi connectivity index (χ0n) is 12.4. The molecule has 2 N–H and O–H groups in total. The first-order chi connectivity index (χ1) is 10.7.